The molecule has 1 aliphatic rings. The van der Waals surface area contributed by atoms with Crippen LogP contribution < -0.4 is 0 Å². The second-order valence-electron chi connectivity index (χ2n) is 5.19. The van der Waals surface area contributed by atoms with Gasteiger partial charge in [-0.3, -0.25) is 4.79 Å². The molecule has 2 aromatic carbocycles. The summed E-state index contributed by atoms with van der Waals surface area (Å²) >= 11 is 5.88. The summed E-state index contributed by atoms with van der Waals surface area (Å²) in [5.74, 6) is -0.252. The van der Waals surface area contributed by atoms with Crippen molar-refractivity contribution in [3.8, 4) is 0 Å². The number of benzene rings is 2. The molecule has 1 heterocycles. The molecule has 0 aromatic heterocycles. The third kappa shape index (κ3) is 2.75. The van der Waals surface area contributed by atoms with Gasteiger partial charge in [-0.2, -0.15) is 10.1 Å². The highest BCUT2D eigenvalue weighted by Crippen LogP contribution is 2.34. The van der Waals surface area contributed by atoms with Gasteiger partial charge in [0.2, 0.25) is 5.91 Å². The van der Waals surface area contributed by atoms with Gasteiger partial charge in [-0.25, -0.2) is 0 Å². The number of hydrogen-bond acceptors (Lipinski definition) is 3. The fourth-order valence-electron chi connectivity index (χ4n) is 2.50. The van der Waals surface area contributed by atoms with Crippen LogP contribution in [0.3, 0.4) is 0 Å². The number of carbonyl (C=O) groups excluding carboxylic acids is 1. The van der Waals surface area contributed by atoms with Gasteiger partial charge in [0.25, 0.3) is 0 Å². The van der Waals surface area contributed by atoms with Crippen LogP contribution in [0.4, 0.5) is 0 Å². The van der Waals surface area contributed by atoms with Gasteiger partial charge in [0.05, 0.1) is 6.42 Å². The van der Waals surface area contributed by atoms with Crippen molar-refractivity contribution in [3.63, 3.8) is 0 Å². The van der Waals surface area contributed by atoms with Gasteiger partial charge in [-0.05, 0) is 17.7 Å². The number of carbonyl (C=O) groups is 1. The van der Waals surface area contributed by atoms with E-state index in [4.69, 9.17) is 11.6 Å². The van der Waals surface area contributed by atoms with Crippen molar-refractivity contribution < 1.29 is 9.90 Å². The molecule has 0 bridgehead atoms. The van der Waals surface area contributed by atoms with E-state index >= 15 is 0 Å². The van der Waals surface area contributed by atoms with Crippen molar-refractivity contribution in [2.45, 2.75) is 18.6 Å². The van der Waals surface area contributed by atoms with Crippen LogP contribution in [0.25, 0.3) is 0 Å². The van der Waals surface area contributed by atoms with Crippen LogP contribution in [0.1, 0.15) is 17.5 Å². The van der Waals surface area contributed by atoms with Crippen LogP contribution in [0.2, 0.25) is 5.02 Å². The third-order valence-corrected chi connectivity index (χ3v) is 3.92. The summed E-state index contributed by atoms with van der Waals surface area (Å²) in [5.41, 5.74) is 0.0278. The Kier molecular flexibility index (Phi) is 3.96. The largest absolute Gasteiger partial charge is 0.365 e. The van der Waals surface area contributed by atoms with Crippen LogP contribution in [-0.2, 0) is 16.9 Å². The molecule has 0 saturated heterocycles. The second-order valence-corrected chi connectivity index (χ2v) is 5.63. The van der Waals surface area contributed by atoms with E-state index in [-0.39, 0.29) is 18.7 Å². The molecular formula is C17H15ClN2O2. The molecule has 0 aliphatic carbocycles. The SMILES string of the molecule is O=C(Cc1ccccc1)N1N=CCC1(O)c1ccc(Cl)cc1. The molecule has 22 heavy (non-hydrogen) atoms. The van der Waals surface area contributed by atoms with E-state index in [0.29, 0.717) is 10.6 Å². The molecule has 1 atom stereocenters. The van der Waals surface area contributed by atoms with Crippen LogP contribution >= 0.6 is 11.6 Å². The lowest BCUT2D eigenvalue weighted by Crippen LogP contribution is -2.44. The van der Waals surface area contributed by atoms with E-state index in [1.807, 2.05) is 30.3 Å². The Morgan fingerprint density at radius 2 is 1.86 bits per heavy atom. The number of nitrogens with zero attached hydrogens (tertiary/aromatic N) is 2. The Morgan fingerprint density at radius 1 is 1.18 bits per heavy atom. The Balaban J connectivity index is 1.84. The quantitative estimate of drug-likeness (QED) is 0.947. The standard InChI is InChI=1S/C17H15ClN2O2/c18-15-8-6-14(7-9-15)17(22)10-11-19-20(17)16(21)12-13-4-2-1-3-5-13/h1-9,11,22H,10,12H2. The van der Waals surface area contributed by atoms with Crippen molar-refractivity contribution in [1.29, 1.82) is 0 Å². The second kappa shape index (κ2) is 5.91. The summed E-state index contributed by atoms with van der Waals surface area (Å²) in [4.78, 5) is 12.5. The van der Waals surface area contributed by atoms with Crippen LogP contribution in [0.5, 0.6) is 0 Å². The Labute approximate surface area is 133 Å². The van der Waals surface area contributed by atoms with Gasteiger partial charge in [-0.15, -0.1) is 0 Å². The minimum absolute atomic E-state index is 0.189. The van der Waals surface area contributed by atoms with Crippen LogP contribution in [0, 0.1) is 0 Å². The smallest absolute Gasteiger partial charge is 0.250 e. The first-order chi connectivity index (χ1) is 10.6. The molecule has 0 fully saturated rings. The monoisotopic (exact) mass is 314 g/mol. The third-order valence-electron chi connectivity index (χ3n) is 3.66. The van der Waals surface area contributed by atoms with Crippen LogP contribution in [0.15, 0.2) is 59.7 Å². The molecule has 1 aliphatic heterocycles. The molecule has 1 amide bonds. The molecule has 112 valence electrons. The molecule has 2 aromatic rings. The maximum Gasteiger partial charge on any atom is 0.250 e. The Bertz CT molecular complexity index is 700. The Hall–Kier alpha value is -2.17. The van der Waals surface area contributed by atoms with Gasteiger partial charge in [0, 0.05) is 23.2 Å². The minimum Gasteiger partial charge on any atom is -0.365 e. The molecule has 4 nitrogen and oxygen atoms in total. The van der Waals surface area contributed by atoms with Gasteiger partial charge >= 0.3 is 0 Å². The van der Waals surface area contributed by atoms with Crippen molar-refractivity contribution in [2.24, 2.45) is 5.10 Å². The van der Waals surface area contributed by atoms with Crippen molar-refractivity contribution in [3.05, 3.63) is 70.7 Å². The average molecular weight is 315 g/mol. The van der Waals surface area contributed by atoms with E-state index in [1.165, 1.54) is 0 Å². The predicted molar refractivity (Wildman–Crippen MR) is 85.4 cm³/mol. The maximum atomic E-state index is 12.5. The molecule has 1 N–H and O–H groups in total. The fraction of sp³-hybridized carbons (Fsp3) is 0.176. The summed E-state index contributed by atoms with van der Waals surface area (Å²) < 4.78 is 0. The van der Waals surface area contributed by atoms with Gasteiger partial charge in [0.15, 0.2) is 5.72 Å². The highest BCUT2D eigenvalue weighted by atomic mass is 35.5. The highest BCUT2D eigenvalue weighted by Gasteiger charge is 2.42. The number of aliphatic hydroxyl groups is 1. The zero-order valence-electron chi connectivity index (χ0n) is 11.8. The minimum atomic E-state index is -1.45. The van der Waals surface area contributed by atoms with E-state index in [2.05, 4.69) is 5.10 Å². The van der Waals surface area contributed by atoms with Gasteiger partial charge < -0.3 is 5.11 Å². The van der Waals surface area contributed by atoms with E-state index in [9.17, 15) is 9.90 Å². The van der Waals surface area contributed by atoms with Gasteiger partial charge in [-0.1, -0.05) is 54.1 Å². The lowest BCUT2D eigenvalue weighted by molar-refractivity contribution is -0.157. The van der Waals surface area contributed by atoms with Crippen molar-refractivity contribution >= 4 is 23.7 Å². The summed E-state index contributed by atoms with van der Waals surface area (Å²) in [6, 6.07) is 16.2. The maximum absolute atomic E-state index is 12.5. The topological polar surface area (TPSA) is 52.9 Å². The first kappa shape index (κ1) is 14.8. The number of hydrogen-bond donors (Lipinski definition) is 1. The Morgan fingerprint density at radius 3 is 2.55 bits per heavy atom. The van der Waals surface area contributed by atoms with E-state index in [0.717, 1.165) is 10.6 Å². The molecule has 1 unspecified atom stereocenters. The zero-order valence-corrected chi connectivity index (χ0v) is 12.6. The lowest BCUT2D eigenvalue weighted by Gasteiger charge is -2.31. The molecule has 5 heteroatoms. The zero-order chi connectivity index (χ0) is 15.6. The fourth-order valence-corrected chi connectivity index (χ4v) is 2.63. The summed E-state index contributed by atoms with van der Waals surface area (Å²) in [7, 11) is 0. The molecule has 0 saturated carbocycles. The molecular weight excluding hydrogens is 300 g/mol. The average Bonchev–Trinajstić information content (AvgIpc) is 2.92. The number of rotatable bonds is 3. The normalized spacial score (nSPS) is 20.4. The first-order valence-electron chi connectivity index (χ1n) is 6.97. The predicted octanol–water partition coefficient (Wildman–Crippen LogP) is 2.95. The molecule has 0 radical (unpaired) electrons. The summed E-state index contributed by atoms with van der Waals surface area (Å²) in [5, 5.41) is 16.7. The summed E-state index contributed by atoms with van der Waals surface area (Å²) in [6.07, 6.45) is 2.00. The number of amides is 1. The highest BCUT2D eigenvalue weighted by molar-refractivity contribution is 6.30. The van der Waals surface area contributed by atoms with Gasteiger partial charge in [0.1, 0.15) is 0 Å². The lowest BCUT2D eigenvalue weighted by atomic mass is 9.99. The van der Waals surface area contributed by atoms with E-state index < -0.39 is 5.72 Å². The van der Waals surface area contributed by atoms with E-state index in [1.54, 1.807) is 30.5 Å². The number of halogens is 1. The van der Waals surface area contributed by atoms with Crippen LogP contribution in [-0.4, -0.2) is 22.2 Å². The molecule has 0 spiro atoms. The van der Waals surface area contributed by atoms with Crippen molar-refractivity contribution in [2.75, 3.05) is 0 Å². The molecule has 3 rings (SSSR count). The number of hydrazone groups is 1. The summed E-state index contributed by atoms with van der Waals surface area (Å²) in [6.45, 7) is 0. The van der Waals surface area contributed by atoms with Crippen molar-refractivity contribution in [1.82, 2.24) is 5.01 Å². The first-order valence-corrected chi connectivity index (χ1v) is 7.35.